The summed E-state index contributed by atoms with van der Waals surface area (Å²) in [6, 6.07) is 0. The van der Waals surface area contributed by atoms with Gasteiger partial charge in [-0.2, -0.15) is 0 Å². The number of anilines is 2. The van der Waals surface area contributed by atoms with Crippen molar-refractivity contribution >= 4 is 23.1 Å². The Kier molecular flexibility index (Phi) is 5.86. The normalized spacial score (nSPS) is 16.3. The Morgan fingerprint density at radius 1 is 1.30 bits per heavy atom. The Morgan fingerprint density at radius 3 is 2.75 bits per heavy atom. The second kappa shape index (κ2) is 7.64. The quantitative estimate of drug-likeness (QED) is 0.623. The van der Waals surface area contributed by atoms with E-state index in [0.717, 1.165) is 31.6 Å². The standard InChI is InChI=1S/C14H23ClN4O/c1-20-9-5-8-17-14-11(16)12(15)18-13(19-14)10-6-3-2-4-7-10/h10H,2-9,16H2,1H3,(H,17,18,19). The molecule has 20 heavy (non-hydrogen) atoms. The zero-order chi connectivity index (χ0) is 14.4. The molecule has 6 heteroatoms. The van der Waals surface area contributed by atoms with E-state index in [1.807, 2.05) is 0 Å². The molecule has 1 aliphatic rings. The lowest BCUT2D eigenvalue weighted by molar-refractivity contribution is 0.198. The molecule has 1 fully saturated rings. The van der Waals surface area contributed by atoms with Crippen molar-refractivity contribution in [3.8, 4) is 0 Å². The third kappa shape index (κ3) is 3.96. The van der Waals surface area contributed by atoms with E-state index >= 15 is 0 Å². The summed E-state index contributed by atoms with van der Waals surface area (Å²) >= 11 is 6.14. The number of hydrogen-bond acceptors (Lipinski definition) is 5. The lowest BCUT2D eigenvalue weighted by Gasteiger charge is -2.21. The Labute approximate surface area is 125 Å². The first-order valence-corrected chi connectivity index (χ1v) is 7.66. The molecule has 0 unspecified atom stereocenters. The topological polar surface area (TPSA) is 73.1 Å². The van der Waals surface area contributed by atoms with Crippen LogP contribution in [0, 0.1) is 0 Å². The summed E-state index contributed by atoms with van der Waals surface area (Å²) in [6.07, 6.45) is 6.98. The number of nitrogens with two attached hydrogens (primary N) is 1. The molecule has 112 valence electrons. The van der Waals surface area contributed by atoms with Crippen LogP contribution < -0.4 is 11.1 Å². The van der Waals surface area contributed by atoms with Gasteiger partial charge in [0.2, 0.25) is 0 Å². The predicted molar refractivity (Wildman–Crippen MR) is 82.3 cm³/mol. The Hall–Kier alpha value is -1.07. The average Bonchev–Trinajstić information content (AvgIpc) is 2.48. The molecule has 3 N–H and O–H groups in total. The zero-order valence-corrected chi connectivity index (χ0v) is 12.7. The highest BCUT2D eigenvalue weighted by atomic mass is 35.5. The second-order valence-corrected chi connectivity index (χ2v) is 5.60. The van der Waals surface area contributed by atoms with Crippen LogP contribution in [0.2, 0.25) is 5.15 Å². The maximum absolute atomic E-state index is 6.14. The Balaban J connectivity index is 2.07. The molecular weight excluding hydrogens is 276 g/mol. The van der Waals surface area contributed by atoms with Gasteiger partial charge in [-0.15, -0.1) is 0 Å². The van der Waals surface area contributed by atoms with E-state index in [1.165, 1.54) is 19.3 Å². The van der Waals surface area contributed by atoms with Crippen molar-refractivity contribution in [2.24, 2.45) is 0 Å². The van der Waals surface area contributed by atoms with E-state index in [0.29, 0.717) is 29.2 Å². The minimum atomic E-state index is 0.356. The van der Waals surface area contributed by atoms with Crippen LogP contribution in [-0.2, 0) is 4.74 Å². The summed E-state index contributed by atoms with van der Waals surface area (Å²) in [5, 5.41) is 3.58. The molecule has 0 bridgehead atoms. The maximum Gasteiger partial charge on any atom is 0.157 e. The third-order valence-corrected chi connectivity index (χ3v) is 3.99. The summed E-state index contributed by atoms with van der Waals surface area (Å²) < 4.78 is 5.02. The van der Waals surface area contributed by atoms with E-state index in [1.54, 1.807) is 7.11 Å². The minimum absolute atomic E-state index is 0.356. The molecule has 0 radical (unpaired) electrons. The van der Waals surface area contributed by atoms with Crippen LogP contribution >= 0.6 is 11.6 Å². The molecule has 1 aromatic rings. The zero-order valence-electron chi connectivity index (χ0n) is 12.0. The molecule has 0 amide bonds. The number of nitrogens with one attached hydrogen (secondary N) is 1. The molecule has 0 saturated heterocycles. The molecular formula is C14H23ClN4O. The summed E-state index contributed by atoms with van der Waals surface area (Å²) in [5.74, 6) is 1.90. The molecule has 0 aliphatic heterocycles. The van der Waals surface area contributed by atoms with Crippen LogP contribution in [0.1, 0.15) is 50.3 Å². The largest absolute Gasteiger partial charge is 0.393 e. The maximum atomic E-state index is 6.14. The first-order valence-electron chi connectivity index (χ1n) is 7.28. The lowest BCUT2D eigenvalue weighted by atomic mass is 9.89. The van der Waals surface area contributed by atoms with Gasteiger partial charge in [-0.1, -0.05) is 30.9 Å². The molecule has 5 nitrogen and oxygen atoms in total. The predicted octanol–water partition coefficient (Wildman–Crippen LogP) is 3.21. The van der Waals surface area contributed by atoms with E-state index in [4.69, 9.17) is 22.1 Å². The highest BCUT2D eigenvalue weighted by molar-refractivity contribution is 6.32. The molecule has 2 rings (SSSR count). The van der Waals surface area contributed by atoms with Crippen molar-refractivity contribution in [2.45, 2.75) is 44.4 Å². The highest BCUT2D eigenvalue weighted by Gasteiger charge is 2.20. The first-order chi connectivity index (χ1) is 9.72. The highest BCUT2D eigenvalue weighted by Crippen LogP contribution is 2.33. The van der Waals surface area contributed by atoms with Crippen LogP contribution in [0.5, 0.6) is 0 Å². The van der Waals surface area contributed by atoms with Gasteiger partial charge >= 0.3 is 0 Å². The van der Waals surface area contributed by atoms with Gasteiger partial charge in [0.1, 0.15) is 11.5 Å². The summed E-state index contributed by atoms with van der Waals surface area (Å²) in [4.78, 5) is 8.95. The lowest BCUT2D eigenvalue weighted by Crippen LogP contribution is -2.14. The second-order valence-electron chi connectivity index (χ2n) is 5.24. The van der Waals surface area contributed by atoms with Crippen molar-refractivity contribution in [3.63, 3.8) is 0 Å². The van der Waals surface area contributed by atoms with Crippen LogP contribution in [-0.4, -0.2) is 30.2 Å². The molecule has 1 aliphatic carbocycles. The first kappa shape index (κ1) is 15.3. The Morgan fingerprint density at radius 2 is 2.05 bits per heavy atom. The van der Waals surface area contributed by atoms with Crippen LogP contribution in [0.3, 0.4) is 0 Å². The summed E-state index contributed by atoms with van der Waals surface area (Å²) in [6.45, 7) is 1.47. The van der Waals surface area contributed by atoms with Gasteiger partial charge in [0, 0.05) is 26.2 Å². The summed E-state index contributed by atoms with van der Waals surface area (Å²) in [7, 11) is 1.69. The van der Waals surface area contributed by atoms with Gasteiger partial charge in [0.25, 0.3) is 0 Å². The van der Waals surface area contributed by atoms with Crippen molar-refractivity contribution in [1.82, 2.24) is 9.97 Å². The van der Waals surface area contributed by atoms with Gasteiger partial charge in [0.05, 0.1) is 0 Å². The van der Waals surface area contributed by atoms with Gasteiger partial charge in [-0.05, 0) is 19.3 Å². The summed E-state index contributed by atoms with van der Waals surface area (Å²) in [5.41, 5.74) is 6.38. The van der Waals surface area contributed by atoms with Crippen molar-refractivity contribution < 1.29 is 4.74 Å². The number of ether oxygens (including phenoxy) is 1. The fourth-order valence-electron chi connectivity index (χ4n) is 2.56. The molecule has 0 spiro atoms. The van der Waals surface area contributed by atoms with E-state index < -0.39 is 0 Å². The third-order valence-electron chi connectivity index (χ3n) is 3.70. The van der Waals surface area contributed by atoms with Crippen LogP contribution in [0.25, 0.3) is 0 Å². The number of nitrogen functional groups attached to an aromatic ring is 1. The smallest absolute Gasteiger partial charge is 0.157 e. The molecule has 0 aromatic carbocycles. The van der Waals surface area contributed by atoms with Gasteiger partial charge < -0.3 is 15.8 Å². The Bertz CT molecular complexity index is 435. The number of hydrogen-bond donors (Lipinski definition) is 2. The number of nitrogens with zero attached hydrogens (tertiary/aromatic N) is 2. The minimum Gasteiger partial charge on any atom is -0.393 e. The van der Waals surface area contributed by atoms with E-state index in [2.05, 4.69) is 15.3 Å². The molecule has 1 aromatic heterocycles. The fraction of sp³-hybridized carbons (Fsp3) is 0.714. The monoisotopic (exact) mass is 298 g/mol. The number of rotatable bonds is 6. The van der Waals surface area contributed by atoms with E-state index in [9.17, 15) is 0 Å². The molecule has 0 atom stereocenters. The van der Waals surface area contributed by atoms with E-state index in [-0.39, 0.29) is 0 Å². The van der Waals surface area contributed by atoms with Crippen molar-refractivity contribution in [1.29, 1.82) is 0 Å². The van der Waals surface area contributed by atoms with Crippen LogP contribution in [0.15, 0.2) is 0 Å². The van der Waals surface area contributed by atoms with Gasteiger partial charge in [-0.3, -0.25) is 0 Å². The number of halogens is 1. The van der Waals surface area contributed by atoms with Gasteiger partial charge in [-0.25, -0.2) is 9.97 Å². The van der Waals surface area contributed by atoms with Crippen molar-refractivity contribution in [3.05, 3.63) is 11.0 Å². The van der Waals surface area contributed by atoms with Crippen LogP contribution in [0.4, 0.5) is 11.5 Å². The average molecular weight is 299 g/mol. The number of aromatic nitrogens is 2. The SMILES string of the molecule is COCCCNc1nc(C2CCCCC2)nc(Cl)c1N. The molecule has 1 heterocycles. The fourth-order valence-corrected chi connectivity index (χ4v) is 2.74. The number of methoxy groups -OCH3 is 1. The van der Waals surface area contributed by atoms with Gasteiger partial charge in [0.15, 0.2) is 11.0 Å². The molecule has 1 saturated carbocycles. The van der Waals surface area contributed by atoms with Crippen molar-refractivity contribution in [2.75, 3.05) is 31.3 Å².